The monoisotopic (exact) mass is 334 g/mol. The van der Waals surface area contributed by atoms with E-state index in [-0.39, 0.29) is 5.91 Å². The number of carbonyl (C=O) groups is 1. The molecule has 2 aromatic carbocycles. The molecule has 3 nitrogen and oxygen atoms in total. The fraction of sp³-hybridized carbons (Fsp3) is 0. The molecule has 2 rings (SSSR count). The lowest BCUT2D eigenvalue weighted by atomic mass is 10.1. The molecule has 0 spiro atoms. The van der Waals surface area contributed by atoms with Crippen molar-refractivity contribution in [3.63, 3.8) is 0 Å². The summed E-state index contributed by atoms with van der Waals surface area (Å²) in [6, 6.07) is 13.8. The summed E-state index contributed by atoms with van der Waals surface area (Å²) in [6.45, 7) is 0. The Bertz CT molecular complexity index is 679. The number of amides is 1. The molecule has 0 bridgehead atoms. The largest absolute Gasteiger partial charge is 0.321 e. The van der Waals surface area contributed by atoms with Gasteiger partial charge in [0.1, 0.15) is 6.07 Å². The third-order valence-corrected chi connectivity index (χ3v) is 3.29. The normalized spacial score (nSPS) is 9.74. The summed E-state index contributed by atoms with van der Waals surface area (Å²) in [6.07, 6.45) is 0. The van der Waals surface area contributed by atoms with Crippen molar-refractivity contribution >= 4 is 39.1 Å². The van der Waals surface area contributed by atoms with E-state index in [4.69, 9.17) is 16.9 Å². The van der Waals surface area contributed by atoms with Gasteiger partial charge in [-0.05, 0) is 30.3 Å². The maximum Gasteiger partial charge on any atom is 0.257 e. The molecule has 19 heavy (non-hydrogen) atoms. The third kappa shape index (κ3) is 3.14. The first-order valence-corrected chi connectivity index (χ1v) is 6.54. The second-order valence-corrected chi connectivity index (χ2v) is 5.06. The maximum atomic E-state index is 12.1. The molecule has 0 atom stereocenters. The van der Waals surface area contributed by atoms with Crippen LogP contribution < -0.4 is 5.32 Å². The van der Waals surface area contributed by atoms with Crippen molar-refractivity contribution in [1.29, 1.82) is 5.26 Å². The molecule has 0 aromatic heterocycles. The van der Waals surface area contributed by atoms with Crippen LogP contribution in [0.3, 0.4) is 0 Å². The van der Waals surface area contributed by atoms with E-state index in [9.17, 15) is 4.79 Å². The lowest BCUT2D eigenvalue weighted by Crippen LogP contribution is -2.13. The van der Waals surface area contributed by atoms with Crippen LogP contribution in [-0.4, -0.2) is 5.91 Å². The lowest BCUT2D eigenvalue weighted by molar-refractivity contribution is 0.102. The molecule has 0 aliphatic heterocycles. The number of rotatable bonds is 2. The van der Waals surface area contributed by atoms with E-state index in [1.54, 1.807) is 42.5 Å². The molecule has 0 fully saturated rings. The first-order valence-electron chi connectivity index (χ1n) is 5.37. The highest BCUT2D eigenvalue weighted by Crippen LogP contribution is 2.23. The maximum absolute atomic E-state index is 12.1. The van der Waals surface area contributed by atoms with Gasteiger partial charge in [0.15, 0.2) is 0 Å². The van der Waals surface area contributed by atoms with E-state index < -0.39 is 0 Å². The van der Waals surface area contributed by atoms with Crippen LogP contribution in [0.4, 0.5) is 5.69 Å². The van der Waals surface area contributed by atoms with Gasteiger partial charge in [-0.25, -0.2) is 0 Å². The van der Waals surface area contributed by atoms with Gasteiger partial charge in [-0.3, -0.25) is 4.79 Å². The third-order valence-electron chi connectivity index (χ3n) is 2.47. The van der Waals surface area contributed by atoms with Gasteiger partial charge in [0, 0.05) is 4.47 Å². The van der Waals surface area contributed by atoms with Crippen LogP contribution in [0.5, 0.6) is 0 Å². The van der Waals surface area contributed by atoms with Gasteiger partial charge in [-0.2, -0.15) is 5.26 Å². The minimum absolute atomic E-state index is 0.347. The van der Waals surface area contributed by atoms with Crippen LogP contribution in [0, 0.1) is 11.3 Å². The number of anilines is 1. The molecule has 0 aliphatic carbocycles. The minimum Gasteiger partial charge on any atom is -0.321 e. The Labute approximate surface area is 123 Å². The van der Waals surface area contributed by atoms with E-state index in [1.165, 1.54) is 0 Å². The summed E-state index contributed by atoms with van der Waals surface area (Å²) in [4.78, 5) is 12.1. The second-order valence-electron chi connectivity index (χ2n) is 3.74. The SMILES string of the molecule is N#Cc1ccc(Br)cc1NC(=O)c1ccccc1Cl. The average molecular weight is 336 g/mol. The molecule has 0 saturated carbocycles. The van der Waals surface area contributed by atoms with Crippen molar-refractivity contribution in [2.24, 2.45) is 0 Å². The number of carbonyl (C=O) groups excluding carboxylic acids is 1. The molecule has 2 aromatic rings. The molecule has 5 heteroatoms. The van der Waals surface area contributed by atoms with Crippen LogP contribution in [0.15, 0.2) is 46.9 Å². The number of nitrogens with zero attached hydrogens (tertiary/aromatic N) is 1. The van der Waals surface area contributed by atoms with Gasteiger partial charge in [-0.1, -0.05) is 39.7 Å². The highest BCUT2D eigenvalue weighted by Gasteiger charge is 2.12. The van der Waals surface area contributed by atoms with Gasteiger partial charge in [0.25, 0.3) is 5.91 Å². The quantitative estimate of drug-likeness (QED) is 0.893. The van der Waals surface area contributed by atoms with Gasteiger partial charge < -0.3 is 5.32 Å². The Morgan fingerprint density at radius 3 is 2.68 bits per heavy atom. The van der Waals surface area contributed by atoms with E-state index in [2.05, 4.69) is 21.2 Å². The van der Waals surface area contributed by atoms with Crippen LogP contribution in [0.25, 0.3) is 0 Å². The molecular weight excluding hydrogens is 328 g/mol. The summed E-state index contributed by atoms with van der Waals surface area (Å²) < 4.78 is 0.779. The predicted octanol–water partition coefficient (Wildman–Crippen LogP) is 4.23. The first-order chi connectivity index (χ1) is 9.11. The van der Waals surface area contributed by atoms with Crippen molar-refractivity contribution in [2.45, 2.75) is 0 Å². The molecular formula is C14H8BrClN2O. The summed E-state index contributed by atoms with van der Waals surface area (Å²) in [5, 5.41) is 12.1. The number of nitrogens with one attached hydrogen (secondary N) is 1. The predicted molar refractivity (Wildman–Crippen MR) is 78.3 cm³/mol. The van der Waals surface area contributed by atoms with Crippen molar-refractivity contribution in [1.82, 2.24) is 0 Å². The summed E-state index contributed by atoms with van der Waals surface area (Å²) in [5.41, 5.74) is 1.21. The second kappa shape index (κ2) is 5.87. The fourth-order valence-corrected chi connectivity index (χ4v) is 2.14. The zero-order valence-electron chi connectivity index (χ0n) is 9.65. The summed E-state index contributed by atoms with van der Waals surface area (Å²) >= 11 is 9.25. The molecule has 0 saturated heterocycles. The molecule has 0 aliphatic rings. The van der Waals surface area contributed by atoms with Gasteiger partial charge in [0.2, 0.25) is 0 Å². The molecule has 0 unspecified atom stereocenters. The average Bonchev–Trinajstić information content (AvgIpc) is 2.39. The minimum atomic E-state index is -0.347. The van der Waals surface area contributed by atoms with E-state index in [0.717, 1.165) is 4.47 Å². The lowest BCUT2D eigenvalue weighted by Gasteiger charge is -2.08. The molecule has 1 amide bonds. The Hall–Kier alpha value is -1.83. The van der Waals surface area contributed by atoms with Crippen LogP contribution in [-0.2, 0) is 0 Å². The van der Waals surface area contributed by atoms with Crippen LogP contribution >= 0.6 is 27.5 Å². The number of benzene rings is 2. The Morgan fingerprint density at radius 2 is 2.00 bits per heavy atom. The molecule has 0 heterocycles. The van der Waals surface area contributed by atoms with E-state index >= 15 is 0 Å². The smallest absolute Gasteiger partial charge is 0.257 e. The number of hydrogen-bond donors (Lipinski definition) is 1. The standard InChI is InChI=1S/C14H8BrClN2O/c15-10-6-5-9(8-17)13(7-10)18-14(19)11-3-1-2-4-12(11)16/h1-7H,(H,18,19). The zero-order chi connectivity index (χ0) is 13.8. The highest BCUT2D eigenvalue weighted by molar-refractivity contribution is 9.10. The van der Waals surface area contributed by atoms with Gasteiger partial charge >= 0.3 is 0 Å². The molecule has 0 radical (unpaired) electrons. The topological polar surface area (TPSA) is 52.9 Å². The summed E-state index contributed by atoms with van der Waals surface area (Å²) in [7, 11) is 0. The van der Waals surface area contributed by atoms with Crippen molar-refractivity contribution in [3.8, 4) is 6.07 Å². The Morgan fingerprint density at radius 1 is 1.26 bits per heavy atom. The zero-order valence-corrected chi connectivity index (χ0v) is 12.0. The molecule has 94 valence electrons. The van der Waals surface area contributed by atoms with Crippen molar-refractivity contribution in [2.75, 3.05) is 5.32 Å². The highest BCUT2D eigenvalue weighted by atomic mass is 79.9. The Balaban J connectivity index is 2.32. The van der Waals surface area contributed by atoms with Gasteiger partial charge in [0.05, 0.1) is 21.8 Å². The van der Waals surface area contributed by atoms with Crippen LogP contribution in [0.2, 0.25) is 5.02 Å². The first kappa shape index (κ1) is 13.6. The fourth-order valence-electron chi connectivity index (χ4n) is 1.55. The van der Waals surface area contributed by atoms with Crippen molar-refractivity contribution in [3.05, 3.63) is 63.1 Å². The number of nitriles is 1. The van der Waals surface area contributed by atoms with Crippen LogP contribution in [0.1, 0.15) is 15.9 Å². The number of halogens is 2. The van der Waals surface area contributed by atoms with Gasteiger partial charge in [-0.15, -0.1) is 0 Å². The summed E-state index contributed by atoms with van der Waals surface area (Å²) in [5.74, 6) is -0.347. The van der Waals surface area contributed by atoms with E-state index in [0.29, 0.717) is 21.8 Å². The van der Waals surface area contributed by atoms with E-state index in [1.807, 2.05) is 6.07 Å². The number of hydrogen-bond acceptors (Lipinski definition) is 2. The molecule has 1 N–H and O–H groups in total. The van der Waals surface area contributed by atoms with Crippen molar-refractivity contribution < 1.29 is 4.79 Å². The Kier molecular flexibility index (Phi) is 4.20.